The molecule has 1 aliphatic rings. The molecule has 1 heterocycles. The highest BCUT2D eigenvalue weighted by molar-refractivity contribution is 7.80. The lowest BCUT2D eigenvalue weighted by molar-refractivity contribution is -0.143. The van der Waals surface area contributed by atoms with Gasteiger partial charge in [-0.2, -0.15) is 26.3 Å². The average Bonchev–Trinajstić information content (AvgIpc) is 2.50. The predicted molar refractivity (Wildman–Crippen MR) is 82.7 cm³/mol. The molecular weight excluding hydrogens is 386 g/mol. The minimum absolute atomic E-state index is 0.00785. The quantitative estimate of drug-likeness (QED) is 0.464. The summed E-state index contributed by atoms with van der Waals surface area (Å²) in [5.41, 5.74) is -2.84. The van der Waals surface area contributed by atoms with Crippen LogP contribution in [-0.2, 0) is 28.5 Å². The second-order valence-corrected chi connectivity index (χ2v) is 5.81. The molecule has 1 aromatic carbocycles. The highest BCUT2D eigenvalue weighted by Gasteiger charge is 2.37. The molecular formula is C15H12F6N2O2S. The number of benzene rings is 1. The first-order valence-corrected chi connectivity index (χ1v) is 7.49. The molecule has 1 aliphatic heterocycles. The van der Waals surface area contributed by atoms with Gasteiger partial charge in [0.05, 0.1) is 23.2 Å². The van der Waals surface area contributed by atoms with E-state index in [9.17, 15) is 31.1 Å². The zero-order valence-electron chi connectivity index (χ0n) is 13.1. The SMILES string of the molecule is CC1=C(C(=O)OCc2cc(C(F)(F)F)cc(C(F)(F)F)c2)CNC(=S)N1. The van der Waals surface area contributed by atoms with Crippen LogP contribution in [0.4, 0.5) is 26.3 Å². The molecule has 0 radical (unpaired) electrons. The van der Waals surface area contributed by atoms with Gasteiger partial charge in [0.25, 0.3) is 0 Å². The topological polar surface area (TPSA) is 50.4 Å². The first kappa shape index (κ1) is 20.0. The zero-order chi connectivity index (χ0) is 19.7. The van der Waals surface area contributed by atoms with E-state index in [0.717, 1.165) is 0 Å². The van der Waals surface area contributed by atoms with E-state index in [2.05, 4.69) is 10.6 Å². The Morgan fingerprint density at radius 3 is 2.12 bits per heavy atom. The molecule has 4 nitrogen and oxygen atoms in total. The Morgan fingerprint density at radius 1 is 1.12 bits per heavy atom. The second-order valence-electron chi connectivity index (χ2n) is 5.40. The molecule has 0 fully saturated rings. The lowest BCUT2D eigenvalue weighted by Crippen LogP contribution is -2.42. The Morgan fingerprint density at radius 2 is 1.65 bits per heavy atom. The Bertz CT molecular complexity index is 738. The number of alkyl halides is 6. The molecule has 0 amide bonds. The molecule has 26 heavy (non-hydrogen) atoms. The number of nitrogens with one attached hydrogen (secondary N) is 2. The third-order valence-corrected chi connectivity index (χ3v) is 3.69. The summed E-state index contributed by atoms with van der Waals surface area (Å²) >= 11 is 4.84. The number of allylic oxidation sites excluding steroid dienone is 1. The largest absolute Gasteiger partial charge is 0.457 e. The van der Waals surface area contributed by atoms with Crippen molar-refractivity contribution in [2.45, 2.75) is 25.9 Å². The minimum Gasteiger partial charge on any atom is -0.457 e. The minimum atomic E-state index is -4.97. The number of ether oxygens (including phenoxy) is 1. The summed E-state index contributed by atoms with van der Waals surface area (Å²) < 4.78 is 81.7. The van der Waals surface area contributed by atoms with Gasteiger partial charge in [-0.3, -0.25) is 0 Å². The van der Waals surface area contributed by atoms with Gasteiger partial charge in [-0.15, -0.1) is 0 Å². The standard InChI is InChI=1S/C15H12F6N2O2S/c1-7-11(5-22-13(26)23-7)12(24)25-6-8-2-9(14(16,17)18)4-10(3-8)15(19,20)21/h2-4H,5-6H2,1H3,(H2,22,23,26). The first-order chi connectivity index (χ1) is 11.9. The number of thiocarbonyl (C=S) groups is 1. The van der Waals surface area contributed by atoms with Crippen molar-refractivity contribution in [2.75, 3.05) is 6.54 Å². The molecule has 0 unspecified atom stereocenters. The van der Waals surface area contributed by atoms with Crippen LogP contribution in [-0.4, -0.2) is 17.6 Å². The molecule has 0 spiro atoms. The second kappa shape index (κ2) is 7.14. The lowest BCUT2D eigenvalue weighted by Gasteiger charge is -2.21. The van der Waals surface area contributed by atoms with E-state index in [4.69, 9.17) is 17.0 Å². The fourth-order valence-corrected chi connectivity index (χ4v) is 2.38. The third-order valence-electron chi connectivity index (χ3n) is 3.44. The fourth-order valence-electron chi connectivity index (χ4n) is 2.16. The molecule has 1 aromatic rings. The summed E-state index contributed by atoms with van der Waals surface area (Å²) in [5, 5.41) is 5.62. The van der Waals surface area contributed by atoms with Crippen LogP contribution in [0, 0.1) is 0 Å². The molecule has 11 heteroatoms. The zero-order valence-corrected chi connectivity index (χ0v) is 14.0. The summed E-state index contributed by atoms with van der Waals surface area (Å²) in [6.45, 7) is 0.829. The Kier molecular flexibility index (Phi) is 5.49. The summed E-state index contributed by atoms with van der Waals surface area (Å²) in [4.78, 5) is 12.0. The van der Waals surface area contributed by atoms with Crippen LogP contribution in [0.3, 0.4) is 0 Å². The monoisotopic (exact) mass is 398 g/mol. The van der Waals surface area contributed by atoms with Gasteiger partial charge >= 0.3 is 18.3 Å². The van der Waals surface area contributed by atoms with Gasteiger partial charge in [-0.1, -0.05) is 0 Å². The molecule has 0 atom stereocenters. The van der Waals surface area contributed by atoms with Gasteiger partial charge in [-0.25, -0.2) is 4.79 Å². The molecule has 2 rings (SSSR count). The van der Waals surface area contributed by atoms with E-state index in [1.807, 2.05) is 0 Å². The fraction of sp³-hybridized carbons (Fsp3) is 0.333. The van der Waals surface area contributed by atoms with Crippen LogP contribution in [0.1, 0.15) is 23.6 Å². The summed E-state index contributed by atoms with van der Waals surface area (Å²) in [6.07, 6.45) is -9.93. The number of carbonyl (C=O) groups is 1. The van der Waals surface area contributed by atoms with Crippen molar-refractivity contribution in [2.24, 2.45) is 0 Å². The summed E-state index contributed by atoms with van der Waals surface area (Å²) in [5.74, 6) is -0.879. The van der Waals surface area contributed by atoms with E-state index >= 15 is 0 Å². The van der Waals surface area contributed by atoms with Crippen LogP contribution >= 0.6 is 12.2 Å². The number of hydrogen-bond acceptors (Lipinski definition) is 3. The van der Waals surface area contributed by atoms with Crippen LogP contribution in [0.15, 0.2) is 29.5 Å². The molecule has 0 aliphatic carbocycles. The van der Waals surface area contributed by atoms with Gasteiger partial charge < -0.3 is 15.4 Å². The van der Waals surface area contributed by atoms with E-state index in [1.54, 1.807) is 0 Å². The van der Waals surface area contributed by atoms with E-state index in [0.29, 0.717) is 17.8 Å². The molecule has 2 N–H and O–H groups in total. The molecule has 0 aromatic heterocycles. The number of halogens is 6. The van der Waals surface area contributed by atoms with Crippen LogP contribution in [0.5, 0.6) is 0 Å². The van der Waals surface area contributed by atoms with Gasteiger partial charge in [-0.05, 0) is 42.9 Å². The van der Waals surface area contributed by atoms with Crippen molar-refractivity contribution >= 4 is 23.3 Å². The van der Waals surface area contributed by atoms with Crippen molar-refractivity contribution in [3.63, 3.8) is 0 Å². The van der Waals surface area contributed by atoms with Crippen molar-refractivity contribution in [1.82, 2.24) is 10.6 Å². The van der Waals surface area contributed by atoms with Gasteiger partial charge in [0.15, 0.2) is 5.11 Å². The van der Waals surface area contributed by atoms with E-state index in [1.165, 1.54) is 6.92 Å². The molecule has 0 saturated carbocycles. The summed E-state index contributed by atoms with van der Waals surface area (Å²) in [7, 11) is 0. The van der Waals surface area contributed by atoms with Gasteiger partial charge in [0.1, 0.15) is 6.61 Å². The van der Waals surface area contributed by atoms with Crippen molar-refractivity contribution < 1.29 is 35.9 Å². The Labute approximate surface area is 149 Å². The number of carbonyl (C=O) groups excluding carboxylic acids is 1. The summed E-state index contributed by atoms with van der Waals surface area (Å²) in [6, 6.07) is 1.03. The maximum atomic E-state index is 12.8. The van der Waals surface area contributed by atoms with Crippen LogP contribution in [0.2, 0.25) is 0 Å². The highest BCUT2D eigenvalue weighted by Crippen LogP contribution is 2.36. The van der Waals surface area contributed by atoms with E-state index < -0.39 is 41.6 Å². The van der Waals surface area contributed by atoms with Crippen molar-refractivity contribution in [1.29, 1.82) is 0 Å². The normalized spacial score (nSPS) is 15.4. The maximum absolute atomic E-state index is 12.8. The van der Waals surface area contributed by atoms with Crippen molar-refractivity contribution in [3.8, 4) is 0 Å². The van der Waals surface area contributed by atoms with Crippen molar-refractivity contribution in [3.05, 3.63) is 46.2 Å². The van der Waals surface area contributed by atoms with E-state index in [-0.39, 0.29) is 23.3 Å². The maximum Gasteiger partial charge on any atom is 0.416 e. The lowest BCUT2D eigenvalue weighted by atomic mass is 10.1. The Balaban J connectivity index is 2.22. The van der Waals surface area contributed by atoms with Crippen LogP contribution in [0.25, 0.3) is 0 Å². The number of hydrogen-bond donors (Lipinski definition) is 2. The number of rotatable bonds is 3. The third kappa shape index (κ3) is 4.87. The smallest absolute Gasteiger partial charge is 0.416 e. The molecule has 0 saturated heterocycles. The van der Waals surface area contributed by atoms with Crippen LogP contribution < -0.4 is 10.6 Å². The van der Waals surface area contributed by atoms with Gasteiger partial charge in [0.2, 0.25) is 0 Å². The average molecular weight is 398 g/mol. The highest BCUT2D eigenvalue weighted by atomic mass is 32.1. The first-order valence-electron chi connectivity index (χ1n) is 7.08. The Hall–Kier alpha value is -2.30. The molecule has 0 bridgehead atoms. The number of esters is 1. The van der Waals surface area contributed by atoms with Gasteiger partial charge in [0, 0.05) is 5.70 Å². The predicted octanol–water partition coefficient (Wildman–Crippen LogP) is 3.52. The molecule has 142 valence electrons.